The second-order valence-electron chi connectivity index (χ2n) is 8.70. The van der Waals surface area contributed by atoms with Crippen molar-refractivity contribution in [2.24, 2.45) is 0 Å². The van der Waals surface area contributed by atoms with E-state index in [1.165, 1.54) is 11.3 Å². The van der Waals surface area contributed by atoms with Gasteiger partial charge in [0, 0.05) is 90.1 Å². The molecule has 4 heterocycles. The lowest BCUT2D eigenvalue weighted by Crippen LogP contribution is -2.45. The minimum atomic E-state index is -0.0623. The Balaban J connectivity index is 1.20. The molecule has 2 aromatic carbocycles. The van der Waals surface area contributed by atoms with Gasteiger partial charge in [0.1, 0.15) is 0 Å². The van der Waals surface area contributed by atoms with Crippen molar-refractivity contribution in [3.63, 3.8) is 0 Å². The van der Waals surface area contributed by atoms with Crippen molar-refractivity contribution in [2.75, 3.05) is 31.1 Å². The maximum absolute atomic E-state index is 12.4. The summed E-state index contributed by atoms with van der Waals surface area (Å²) in [6, 6.07) is 16.7. The molecule has 0 bridgehead atoms. The molecule has 0 atom stereocenters. The van der Waals surface area contributed by atoms with E-state index >= 15 is 0 Å². The number of pyridine rings is 1. The number of carbonyl (C=O) groups is 1. The van der Waals surface area contributed by atoms with Crippen LogP contribution in [0.25, 0.3) is 22.2 Å². The van der Waals surface area contributed by atoms with E-state index in [0.717, 1.165) is 60.4 Å². The molecule has 1 saturated heterocycles. The molecule has 0 saturated carbocycles. The first-order valence-corrected chi connectivity index (χ1v) is 11.6. The largest absolute Gasteiger partial charge is 0.369 e. The molecular weight excluding hydrogens is 434 g/mol. The van der Waals surface area contributed by atoms with Gasteiger partial charge in [-0.05, 0) is 42.0 Å². The Morgan fingerprint density at radius 2 is 1.79 bits per heavy atom. The summed E-state index contributed by atoms with van der Waals surface area (Å²) in [5.41, 5.74) is 7.01. The number of carbonyl (C=O) groups excluding carboxylic acids is 1. The zero-order chi connectivity index (χ0) is 22.4. The van der Waals surface area contributed by atoms with E-state index in [1.54, 1.807) is 0 Å². The Labute approximate surface area is 197 Å². The van der Waals surface area contributed by atoms with Crippen LogP contribution >= 0.6 is 11.6 Å². The predicted octanol–water partition coefficient (Wildman–Crippen LogP) is 4.45. The summed E-state index contributed by atoms with van der Waals surface area (Å²) in [7, 11) is 0. The fourth-order valence-corrected chi connectivity index (χ4v) is 5.16. The van der Waals surface area contributed by atoms with E-state index in [2.05, 4.69) is 61.5 Å². The standard InChI is InChI=1S/C26H24ClN5O/c27-22-3-2-20(25-21(22)15-29-26(25)33)24-14-18-13-17(1-4-23(18)30-24)16-31-9-11-32(12-10-31)19-5-7-28-8-6-19/h1-8,13-14,30H,9-12,15-16H2,(H,29,33). The highest BCUT2D eigenvalue weighted by molar-refractivity contribution is 6.32. The van der Waals surface area contributed by atoms with Crippen LogP contribution in [0.5, 0.6) is 0 Å². The molecule has 2 aliphatic heterocycles. The fraction of sp³-hybridized carbons (Fsp3) is 0.231. The second-order valence-corrected chi connectivity index (χ2v) is 9.11. The van der Waals surface area contributed by atoms with Crippen LogP contribution in [0.4, 0.5) is 5.69 Å². The number of hydrogen-bond donors (Lipinski definition) is 2. The number of hydrogen-bond acceptors (Lipinski definition) is 4. The first-order chi connectivity index (χ1) is 16.2. The number of piperazine rings is 1. The molecule has 0 radical (unpaired) electrons. The summed E-state index contributed by atoms with van der Waals surface area (Å²) in [6.45, 7) is 5.52. The topological polar surface area (TPSA) is 64.3 Å². The first-order valence-electron chi connectivity index (χ1n) is 11.2. The number of anilines is 1. The summed E-state index contributed by atoms with van der Waals surface area (Å²) < 4.78 is 0. The molecule has 2 aromatic heterocycles. The van der Waals surface area contributed by atoms with Gasteiger partial charge in [-0.15, -0.1) is 0 Å². The summed E-state index contributed by atoms with van der Waals surface area (Å²) in [6.07, 6.45) is 3.71. The van der Waals surface area contributed by atoms with Crippen molar-refractivity contribution in [2.45, 2.75) is 13.1 Å². The second kappa shape index (κ2) is 8.21. The first kappa shape index (κ1) is 20.3. The minimum Gasteiger partial charge on any atom is -0.369 e. The number of nitrogens with zero attached hydrogens (tertiary/aromatic N) is 3. The van der Waals surface area contributed by atoms with E-state index in [1.807, 2.05) is 24.5 Å². The predicted molar refractivity (Wildman–Crippen MR) is 132 cm³/mol. The van der Waals surface area contributed by atoms with Crippen molar-refractivity contribution in [3.8, 4) is 11.3 Å². The zero-order valence-corrected chi connectivity index (χ0v) is 18.9. The Morgan fingerprint density at radius 3 is 2.61 bits per heavy atom. The quantitative estimate of drug-likeness (QED) is 0.475. The van der Waals surface area contributed by atoms with Crippen LogP contribution in [-0.2, 0) is 13.1 Å². The lowest BCUT2D eigenvalue weighted by atomic mass is 10.0. The molecule has 1 fully saturated rings. The molecule has 1 amide bonds. The highest BCUT2D eigenvalue weighted by Gasteiger charge is 2.26. The van der Waals surface area contributed by atoms with Crippen LogP contribution in [0.1, 0.15) is 21.5 Å². The lowest BCUT2D eigenvalue weighted by molar-refractivity contribution is 0.0966. The Hall–Kier alpha value is -3.35. The van der Waals surface area contributed by atoms with Crippen LogP contribution < -0.4 is 10.2 Å². The van der Waals surface area contributed by atoms with E-state index in [-0.39, 0.29) is 5.91 Å². The summed E-state index contributed by atoms with van der Waals surface area (Å²) in [5.74, 6) is -0.0623. The molecule has 166 valence electrons. The minimum absolute atomic E-state index is 0.0623. The van der Waals surface area contributed by atoms with Crippen molar-refractivity contribution >= 4 is 34.1 Å². The molecule has 6 rings (SSSR count). The summed E-state index contributed by atoms with van der Waals surface area (Å²) in [5, 5.41) is 4.68. The molecule has 0 spiro atoms. The monoisotopic (exact) mass is 457 g/mol. The average molecular weight is 458 g/mol. The van der Waals surface area contributed by atoms with Crippen LogP contribution in [0.15, 0.2) is 60.9 Å². The van der Waals surface area contributed by atoms with E-state index < -0.39 is 0 Å². The molecule has 2 N–H and O–H groups in total. The number of benzene rings is 2. The van der Waals surface area contributed by atoms with Gasteiger partial charge in [0.2, 0.25) is 0 Å². The van der Waals surface area contributed by atoms with E-state index in [0.29, 0.717) is 17.1 Å². The number of rotatable bonds is 4. The highest BCUT2D eigenvalue weighted by atomic mass is 35.5. The van der Waals surface area contributed by atoms with Crippen molar-refractivity contribution in [3.05, 3.63) is 82.6 Å². The number of amides is 1. The normalized spacial score (nSPS) is 16.3. The van der Waals surface area contributed by atoms with Gasteiger partial charge in [-0.1, -0.05) is 23.7 Å². The maximum Gasteiger partial charge on any atom is 0.252 e. The number of fused-ring (bicyclic) bond motifs is 2. The van der Waals surface area contributed by atoms with Gasteiger partial charge in [-0.25, -0.2) is 0 Å². The van der Waals surface area contributed by atoms with Crippen LogP contribution in [-0.4, -0.2) is 47.0 Å². The summed E-state index contributed by atoms with van der Waals surface area (Å²) >= 11 is 6.32. The molecule has 6 nitrogen and oxygen atoms in total. The average Bonchev–Trinajstić information content (AvgIpc) is 3.45. The molecule has 33 heavy (non-hydrogen) atoms. The van der Waals surface area contributed by atoms with Crippen LogP contribution in [0.3, 0.4) is 0 Å². The van der Waals surface area contributed by atoms with Crippen LogP contribution in [0.2, 0.25) is 5.02 Å². The van der Waals surface area contributed by atoms with Gasteiger partial charge < -0.3 is 15.2 Å². The molecule has 7 heteroatoms. The summed E-state index contributed by atoms with van der Waals surface area (Å²) in [4.78, 5) is 24.9. The molecule has 0 aliphatic carbocycles. The molecule has 0 unspecified atom stereocenters. The van der Waals surface area contributed by atoms with E-state index in [4.69, 9.17) is 11.6 Å². The van der Waals surface area contributed by atoms with Gasteiger partial charge in [-0.3, -0.25) is 14.7 Å². The lowest BCUT2D eigenvalue weighted by Gasteiger charge is -2.36. The van der Waals surface area contributed by atoms with E-state index in [9.17, 15) is 4.79 Å². The Bertz CT molecular complexity index is 1340. The Kier molecular flexibility index (Phi) is 5.04. The third kappa shape index (κ3) is 3.75. The van der Waals surface area contributed by atoms with Gasteiger partial charge in [0.25, 0.3) is 5.91 Å². The molecule has 2 aliphatic rings. The zero-order valence-electron chi connectivity index (χ0n) is 18.1. The SMILES string of the molecule is O=C1NCc2c(Cl)ccc(-c3cc4cc(CN5CCN(c6ccncc6)CC5)ccc4[nH]3)c21. The van der Waals surface area contributed by atoms with Crippen LogP contribution in [0, 0.1) is 0 Å². The third-order valence-corrected chi connectivity index (χ3v) is 7.04. The number of aromatic nitrogens is 2. The molecular formula is C26H24ClN5O. The maximum atomic E-state index is 12.4. The van der Waals surface area contributed by atoms with Gasteiger partial charge in [0.05, 0.1) is 5.56 Å². The van der Waals surface area contributed by atoms with Crippen molar-refractivity contribution in [1.82, 2.24) is 20.2 Å². The number of aromatic amines is 1. The van der Waals surface area contributed by atoms with Crippen molar-refractivity contribution < 1.29 is 4.79 Å². The van der Waals surface area contributed by atoms with Crippen molar-refractivity contribution in [1.29, 1.82) is 0 Å². The number of halogens is 1. The van der Waals surface area contributed by atoms with Gasteiger partial charge in [-0.2, -0.15) is 0 Å². The third-order valence-electron chi connectivity index (χ3n) is 6.69. The smallest absolute Gasteiger partial charge is 0.252 e. The Morgan fingerprint density at radius 1 is 0.970 bits per heavy atom. The number of nitrogens with one attached hydrogen (secondary N) is 2. The number of H-pyrrole nitrogens is 1. The van der Waals surface area contributed by atoms with Gasteiger partial charge >= 0.3 is 0 Å². The fourth-order valence-electron chi connectivity index (χ4n) is 4.94. The van der Waals surface area contributed by atoms with Gasteiger partial charge in [0.15, 0.2) is 0 Å². The molecule has 4 aromatic rings. The highest BCUT2D eigenvalue weighted by Crippen LogP contribution is 2.35.